The van der Waals surface area contributed by atoms with Crippen LogP contribution in [0.25, 0.3) is 11.0 Å². The Morgan fingerprint density at radius 2 is 2.33 bits per heavy atom. The number of rotatable bonds is 1. The molecule has 1 aromatic heterocycles. The van der Waals surface area contributed by atoms with Crippen molar-refractivity contribution in [2.24, 2.45) is 0 Å². The SMILES string of the molecule is CC(F)c1cccc2cnoc12. The number of halogens is 1. The first-order valence-electron chi connectivity index (χ1n) is 3.76. The van der Waals surface area contributed by atoms with Crippen LogP contribution in [0, 0.1) is 0 Å². The van der Waals surface area contributed by atoms with E-state index >= 15 is 0 Å². The van der Waals surface area contributed by atoms with Crippen molar-refractivity contribution < 1.29 is 8.91 Å². The molecule has 62 valence electrons. The molecule has 0 aliphatic heterocycles. The van der Waals surface area contributed by atoms with Crippen molar-refractivity contribution in [2.45, 2.75) is 13.1 Å². The molecule has 1 atom stereocenters. The summed E-state index contributed by atoms with van der Waals surface area (Å²) < 4.78 is 17.9. The molecule has 0 saturated heterocycles. The second-order valence-corrected chi connectivity index (χ2v) is 2.71. The number of para-hydroxylation sites is 1. The molecule has 0 spiro atoms. The highest BCUT2D eigenvalue weighted by molar-refractivity contribution is 5.79. The lowest BCUT2D eigenvalue weighted by molar-refractivity contribution is 0.367. The summed E-state index contributed by atoms with van der Waals surface area (Å²) in [5.74, 6) is 0. The fraction of sp³-hybridized carbons (Fsp3) is 0.222. The van der Waals surface area contributed by atoms with E-state index in [9.17, 15) is 4.39 Å². The molecule has 12 heavy (non-hydrogen) atoms. The maximum atomic E-state index is 13.0. The molecule has 0 amide bonds. The summed E-state index contributed by atoms with van der Waals surface area (Å²) in [6, 6.07) is 5.35. The number of aromatic nitrogens is 1. The average molecular weight is 165 g/mol. The largest absolute Gasteiger partial charge is 0.356 e. The highest BCUT2D eigenvalue weighted by Gasteiger charge is 2.10. The molecular weight excluding hydrogens is 157 g/mol. The van der Waals surface area contributed by atoms with Crippen molar-refractivity contribution in [3.63, 3.8) is 0 Å². The molecule has 2 rings (SSSR count). The third-order valence-electron chi connectivity index (χ3n) is 1.84. The predicted molar refractivity (Wildman–Crippen MR) is 43.5 cm³/mol. The zero-order valence-electron chi connectivity index (χ0n) is 6.62. The van der Waals surface area contributed by atoms with Crippen molar-refractivity contribution in [1.29, 1.82) is 0 Å². The number of hydrogen-bond donors (Lipinski definition) is 0. The summed E-state index contributed by atoms with van der Waals surface area (Å²) in [5.41, 5.74) is 1.11. The maximum Gasteiger partial charge on any atom is 0.172 e. The monoisotopic (exact) mass is 165 g/mol. The number of hydrogen-bond acceptors (Lipinski definition) is 2. The number of alkyl halides is 1. The molecule has 0 N–H and O–H groups in total. The predicted octanol–water partition coefficient (Wildman–Crippen LogP) is 2.86. The summed E-state index contributed by atoms with van der Waals surface area (Å²) in [4.78, 5) is 0. The van der Waals surface area contributed by atoms with E-state index in [0.29, 0.717) is 11.1 Å². The molecule has 3 heteroatoms. The Balaban J connectivity index is 2.73. The zero-order chi connectivity index (χ0) is 8.55. The van der Waals surface area contributed by atoms with Crippen LogP contribution in [-0.4, -0.2) is 5.16 Å². The molecule has 0 saturated carbocycles. The van der Waals surface area contributed by atoms with Gasteiger partial charge in [-0.25, -0.2) is 4.39 Å². The first-order valence-corrected chi connectivity index (χ1v) is 3.76. The number of fused-ring (bicyclic) bond motifs is 1. The Bertz CT molecular complexity index is 394. The Hall–Kier alpha value is -1.38. The van der Waals surface area contributed by atoms with Gasteiger partial charge in [-0.1, -0.05) is 17.3 Å². The van der Waals surface area contributed by atoms with Crippen molar-refractivity contribution in [2.75, 3.05) is 0 Å². The fourth-order valence-corrected chi connectivity index (χ4v) is 1.23. The highest BCUT2D eigenvalue weighted by Crippen LogP contribution is 2.25. The quantitative estimate of drug-likeness (QED) is 0.649. The summed E-state index contributed by atoms with van der Waals surface area (Å²) in [6.07, 6.45) is 0.572. The van der Waals surface area contributed by atoms with Crippen molar-refractivity contribution >= 4 is 11.0 Å². The lowest BCUT2D eigenvalue weighted by Gasteiger charge is -2.00. The van der Waals surface area contributed by atoms with E-state index in [4.69, 9.17) is 4.52 Å². The molecule has 0 fully saturated rings. The molecule has 0 bridgehead atoms. The van der Waals surface area contributed by atoms with Crippen LogP contribution in [0.4, 0.5) is 4.39 Å². The van der Waals surface area contributed by atoms with Gasteiger partial charge in [0.25, 0.3) is 0 Å². The van der Waals surface area contributed by atoms with Gasteiger partial charge < -0.3 is 4.52 Å². The lowest BCUT2D eigenvalue weighted by Crippen LogP contribution is -1.84. The van der Waals surface area contributed by atoms with Gasteiger partial charge in [-0.05, 0) is 13.0 Å². The Labute approximate surface area is 69.0 Å². The Morgan fingerprint density at radius 1 is 1.50 bits per heavy atom. The topological polar surface area (TPSA) is 26.0 Å². The van der Waals surface area contributed by atoms with Crippen molar-refractivity contribution in [3.8, 4) is 0 Å². The summed E-state index contributed by atoms with van der Waals surface area (Å²) >= 11 is 0. The van der Waals surface area contributed by atoms with Gasteiger partial charge >= 0.3 is 0 Å². The van der Waals surface area contributed by atoms with E-state index in [2.05, 4.69) is 5.16 Å². The first kappa shape index (κ1) is 7.28. The molecule has 2 nitrogen and oxygen atoms in total. The van der Waals surface area contributed by atoms with Crippen LogP contribution in [0.15, 0.2) is 28.9 Å². The van der Waals surface area contributed by atoms with Gasteiger partial charge in [-0.2, -0.15) is 0 Å². The summed E-state index contributed by atoms with van der Waals surface area (Å²) in [7, 11) is 0. The fourth-order valence-electron chi connectivity index (χ4n) is 1.23. The van der Waals surface area contributed by atoms with E-state index in [1.165, 1.54) is 6.92 Å². The number of benzene rings is 1. The summed E-state index contributed by atoms with van der Waals surface area (Å²) in [5, 5.41) is 4.45. The lowest BCUT2D eigenvalue weighted by atomic mass is 10.1. The van der Waals surface area contributed by atoms with Crippen LogP contribution >= 0.6 is 0 Å². The third kappa shape index (κ3) is 0.978. The molecule has 1 heterocycles. The highest BCUT2D eigenvalue weighted by atomic mass is 19.1. The maximum absolute atomic E-state index is 13.0. The van der Waals surface area contributed by atoms with Gasteiger partial charge in [0, 0.05) is 10.9 Å². The first-order chi connectivity index (χ1) is 5.79. The molecule has 1 aromatic carbocycles. The number of nitrogens with zero attached hydrogens (tertiary/aromatic N) is 1. The molecule has 0 aliphatic carbocycles. The van der Waals surface area contributed by atoms with Gasteiger partial charge in [-0.3, -0.25) is 0 Å². The summed E-state index contributed by atoms with van der Waals surface area (Å²) in [6.45, 7) is 1.48. The van der Waals surface area contributed by atoms with Crippen LogP contribution in [0.2, 0.25) is 0 Å². The van der Waals surface area contributed by atoms with Gasteiger partial charge in [0.15, 0.2) is 5.58 Å². The smallest absolute Gasteiger partial charge is 0.172 e. The van der Waals surface area contributed by atoms with Crippen LogP contribution in [-0.2, 0) is 0 Å². The van der Waals surface area contributed by atoms with Crippen molar-refractivity contribution in [3.05, 3.63) is 30.0 Å². The second kappa shape index (κ2) is 2.59. The normalized spacial score (nSPS) is 13.5. The van der Waals surface area contributed by atoms with Gasteiger partial charge in [0.05, 0.1) is 6.20 Å². The molecule has 0 radical (unpaired) electrons. The van der Waals surface area contributed by atoms with E-state index in [0.717, 1.165) is 5.39 Å². The minimum Gasteiger partial charge on any atom is -0.356 e. The molecular formula is C9H8FNO. The van der Waals surface area contributed by atoms with E-state index < -0.39 is 6.17 Å². The van der Waals surface area contributed by atoms with Gasteiger partial charge in [0.2, 0.25) is 0 Å². The minimum atomic E-state index is -1.01. The second-order valence-electron chi connectivity index (χ2n) is 2.71. The van der Waals surface area contributed by atoms with E-state index in [1.54, 1.807) is 18.3 Å². The van der Waals surface area contributed by atoms with E-state index in [-0.39, 0.29) is 0 Å². The third-order valence-corrected chi connectivity index (χ3v) is 1.84. The van der Waals surface area contributed by atoms with E-state index in [1.807, 2.05) is 6.07 Å². The minimum absolute atomic E-state index is 0.549. The van der Waals surface area contributed by atoms with Crippen LogP contribution < -0.4 is 0 Å². The Morgan fingerprint density at radius 3 is 3.08 bits per heavy atom. The van der Waals surface area contributed by atoms with Crippen LogP contribution in [0.3, 0.4) is 0 Å². The standard InChI is InChI=1S/C9H8FNO/c1-6(10)8-4-2-3-7-5-11-12-9(7)8/h2-6H,1H3. The zero-order valence-corrected chi connectivity index (χ0v) is 6.62. The Kier molecular flexibility index (Phi) is 1.57. The van der Waals surface area contributed by atoms with Gasteiger partial charge in [0.1, 0.15) is 6.17 Å². The molecule has 1 unspecified atom stereocenters. The van der Waals surface area contributed by atoms with Crippen LogP contribution in [0.1, 0.15) is 18.7 Å². The van der Waals surface area contributed by atoms with Crippen molar-refractivity contribution in [1.82, 2.24) is 5.16 Å². The molecule has 2 aromatic rings. The molecule has 0 aliphatic rings. The average Bonchev–Trinajstić information content (AvgIpc) is 2.49. The van der Waals surface area contributed by atoms with Gasteiger partial charge in [-0.15, -0.1) is 0 Å². The van der Waals surface area contributed by atoms with Crippen LogP contribution in [0.5, 0.6) is 0 Å².